The summed E-state index contributed by atoms with van der Waals surface area (Å²) in [5.41, 5.74) is 1.02. The number of rotatable bonds is 13. The summed E-state index contributed by atoms with van der Waals surface area (Å²) in [4.78, 5) is 24.9. The van der Waals surface area contributed by atoms with Gasteiger partial charge in [0.05, 0.1) is 30.7 Å². The van der Waals surface area contributed by atoms with Crippen LogP contribution in [-0.4, -0.2) is 64.0 Å². The molecule has 2 aromatic rings. The Kier molecular flexibility index (Phi) is 10.6. The maximum Gasteiger partial charge on any atom is 0.405 e. The monoisotopic (exact) mass is 501 g/mol. The number of alkyl halides is 4. The van der Waals surface area contributed by atoms with Gasteiger partial charge >= 0.3 is 6.18 Å². The van der Waals surface area contributed by atoms with Crippen LogP contribution >= 0.6 is 0 Å². The normalized spacial score (nSPS) is 12.6. The first-order valence-corrected chi connectivity index (χ1v) is 11.4. The summed E-state index contributed by atoms with van der Waals surface area (Å²) in [7, 11) is 0. The SMILES string of the molecule is CC(C)C[C@@H](CO)NC(=O)c1nnn(-c2ccc(C(=O)NCC(F)(F)F)cc2)c1CCCCCF. The minimum Gasteiger partial charge on any atom is -0.394 e. The lowest BCUT2D eigenvalue weighted by Crippen LogP contribution is -2.39. The van der Waals surface area contributed by atoms with E-state index in [2.05, 4.69) is 15.6 Å². The molecule has 8 nitrogen and oxygen atoms in total. The van der Waals surface area contributed by atoms with Gasteiger partial charge in [0.15, 0.2) is 5.69 Å². The lowest BCUT2D eigenvalue weighted by Gasteiger charge is -2.18. The Morgan fingerprint density at radius 2 is 1.77 bits per heavy atom. The van der Waals surface area contributed by atoms with Gasteiger partial charge in [-0.2, -0.15) is 13.2 Å². The van der Waals surface area contributed by atoms with Gasteiger partial charge < -0.3 is 15.7 Å². The number of aliphatic hydroxyl groups excluding tert-OH is 1. The molecule has 1 aromatic carbocycles. The van der Waals surface area contributed by atoms with Crippen LogP contribution in [0.15, 0.2) is 24.3 Å². The fourth-order valence-corrected chi connectivity index (χ4v) is 3.51. The van der Waals surface area contributed by atoms with Gasteiger partial charge in [-0.05, 0) is 55.9 Å². The van der Waals surface area contributed by atoms with Gasteiger partial charge in [-0.1, -0.05) is 25.5 Å². The van der Waals surface area contributed by atoms with Gasteiger partial charge in [0, 0.05) is 5.56 Å². The highest BCUT2D eigenvalue weighted by molar-refractivity contribution is 5.94. The van der Waals surface area contributed by atoms with E-state index < -0.39 is 37.3 Å². The van der Waals surface area contributed by atoms with E-state index in [1.54, 1.807) is 5.32 Å². The summed E-state index contributed by atoms with van der Waals surface area (Å²) in [6.45, 7) is 1.81. The Balaban J connectivity index is 2.26. The van der Waals surface area contributed by atoms with Crippen molar-refractivity contribution in [2.24, 2.45) is 5.92 Å². The molecular formula is C23H31F4N5O3. The molecule has 194 valence electrons. The molecule has 1 atom stereocenters. The van der Waals surface area contributed by atoms with Crippen LogP contribution in [0.1, 0.15) is 66.1 Å². The number of hydrogen-bond donors (Lipinski definition) is 3. The molecule has 1 heterocycles. The summed E-state index contributed by atoms with van der Waals surface area (Å²) >= 11 is 0. The highest BCUT2D eigenvalue weighted by atomic mass is 19.4. The minimum absolute atomic E-state index is 0.0278. The first-order valence-electron chi connectivity index (χ1n) is 11.4. The molecule has 0 spiro atoms. The van der Waals surface area contributed by atoms with Gasteiger partial charge in [-0.15, -0.1) is 5.10 Å². The molecule has 35 heavy (non-hydrogen) atoms. The van der Waals surface area contributed by atoms with Gasteiger partial charge in [-0.25, -0.2) is 4.68 Å². The van der Waals surface area contributed by atoms with Gasteiger partial charge in [0.25, 0.3) is 11.8 Å². The van der Waals surface area contributed by atoms with E-state index in [1.165, 1.54) is 28.9 Å². The summed E-state index contributed by atoms with van der Waals surface area (Å²) < 4.78 is 51.0. The third-order valence-corrected chi connectivity index (χ3v) is 5.16. The molecule has 0 unspecified atom stereocenters. The van der Waals surface area contributed by atoms with E-state index >= 15 is 0 Å². The topological polar surface area (TPSA) is 109 Å². The van der Waals surface area contributed by atoms with Crippen molar-refractivity contribution in [2.75, 3.05) is 19.8 Å². The van der Waals surface area contributed by atoms with Gasteiger partial charge in [0.2, 0.25) is 0 Å². The number of carbonyl (C=O) groups excluding carboxylic acids is 2. The Bertz CT molecular complexity index is 961. The van der Waals surface area contributed by atoms with Crippen molar-refractivity contribution in [3.05, 3.63) is 41.2 Å². The zero-order valence-corrected chi connectivity index (χ0v) is 19.7. The molecule has 0 saturated carbocycles. The standard InChI is InChI=1S/C23H31F4N5O3/c1-15(2)12-17(13-33)29-22(35)20-19(6-4-3-5-11-24)32(31-30-20)18-9-7-16(8-10-18)21(34)28-14-23(25,26)27/h7-10,15,17,33H,3-6,11-14H2,1-2H3,(H,28,34)(H,29,35)/t17-/m0/s1. The maximum absolute atomic E-state index is 12.9. The van der Waals surface area contributed by atoms with Crippen LogP contribution in [0, 0.1) is 5.92 Å². The van der Waals surface area contributed by atoms with Crippen molar-refractivity contribution in [1.82, 2.24) is 25.6 Å². The molecule has 2 amide bonds. The number of nitrogens with one attached hydrogen (secondary N) is 2. The summed E-state index contributed by atoms with van der Waals surface area (Å²) in [6.07, 6.45) is -2.03. The number of aromatic nitrogens is 3. The third-order valence-electron chi connectivity index (χ3n) is 5.16. The highest BCUT2D eigenvalue weighted by Gasteiger charge is 2.28. The molecule has 12 heteroatoms. The van der Waals surface area contributed by atoms with Crippen molar-refractivity contribution in [3.8, 4) is 5.69 Å². The average molecular weight is 502 g/mol. The van der Waals surface area contributed by atoms with Crippen LogP contribution in [0.5, 0.6) is 0 Å². The number of carbonyl (C=O) groups is 2. The van der Waals surface area contributed by atoms with Crippen LogP contribution in [0.2, 0.25) is 0 Å². The number of halogens is 4. The van der Waals surface area contributed by atoms with Crippen LogP contribution in [0.3, 0.4) is 0 Å². The van der Waals surface area contributed by atoms with Gasteiger partial charge in [-0.3, -0.25) is 14.0 Å². The second kappa shape index (κ2) is 13.2. The minimum atomic E-state index is -4.52. The van der Waals surface area contributed by atoms with Crippen LogP contribution in [0.25, 0.3) is 5.69 Å². The molecule has 0 bridgehead atoms. The Labute approximate surface area is 201 Å². The Morgan fingerprint density at radius 3 is 2.34 bits per heavy atom. The lowest BCUT2D eigenvalue weighted by atomic mass is 10.0. The molecule has 1 aromatic heterocycles. The van der Waals surface area contributed by atoms with Crippen molar-refractivity contribution >= 4 is 11.8 Å². The quantitative estimate of drug-likeness (QED) is 0.288. The van der Waals surface area contributed by atoms with E-state index in [1.807, 2.05) is 13.8 Å². The fraction of sp³-hybridized carbons (Fsp3) is 0.565. The summed E-state index contributed by atoms with van der Waals surface area (Å²) in [6, 6.07) is 5.21. The predicted octanol–water partition coefficient (Wildman–Crippen LogP) is 3.38. The van der Waals surface area contributed by atoms with Crippen LogP contribution < -0.4 is 10.6 Å². The van der Waals surface area contributed by atoms with Crippen molar-refractivity contribution in [3.63, 3.8) is 0 Å². The number of nitrogens with zero attached hydrogens (tertiary/aromatic N) is 3. The largest absolute Gasteiger partial charge is 0.405 e. The van der Waals surface area contributed by atoms with E-state index in [0.29, 0.717) is 43.5 Å². The van der Waals surface area contributed by atoms with E-state index in [0.717, 1.165) is 0 Å². The number of unbranched alkanes of at least 4 members (excludes halogenated alkanes) is 2. The fourth-order valence-electron chi connectivity index (χ4n) is 3.51. The second-order valence-corrected chi connectivity index (χ2v) is 8.62. The number of aliphatic hydroxyl groups is 1. The predicted molar refractivity (Wildman–Crippen MR) is 121 cm³/mol. The number of benzene rings is 1. The van der Waals surface area contributed by atoms with Crippen LogP contribution in [-0.2, 0) is 6.42 Å². The summed E-state index contributed by atoms with van der Waals surface area (Å²) in [5.74, 6) is -1.13. The maximum atomic E-state index is 12.9. The van der Waals surface area contributed by atoms with Gasteiger partial charge in [0.1, 0.15) is 6.54 Å². The lowest BCUT2D eigenvalue weighted by molar-refractivity contribution is -0.123. The molecule has 0 aliphatic rings. The van der Waals surface area contributed by atoms with E-state index in [4.69, 9.17) is 0 Å². The zero-order chi connectivity index (χ0) is 26.0. The molecule has 0 radical (unpaired) electrons. The van der Waals surface area contributed by atoms with E-state index in [9.17, 15) is 32.3 Å². The molecule has 3 N–H and O–H groups in total. The smallest absolute Gasteiger partial charge is 0.394 e. The second-order valence-electron chi connectivity index (χ2n) is 8.62. The first-order chi connectivity index (χ1) is 16.6. The molecule has 0 aliphatic heterocycles. The molecular weight excluding hydrogens is 470 g/mol. The average Bonchev–Trinajstić information content (AvgIpc) is 3.23. The third kappa shape index (κ3) is 8.93. The Hall–Kier alpha value is -3.02. The molecule has 0 saturated heterocycles. The van der Waals surface area contributed by atoms with Crippen molar-refractivity contribution < 1.29 is 32.3 Å². The highest BCUT2D eigenvalue weighted by Crippen LogP contribution is 2.18. The number of amides is 2. The van der Waals surface area contributed by atoms with Crippen LogP contribution in [0.4, 0.5) is 17.6 Å². The van der Waals surface area contributed by atoms with Crippen molar-refractivity contribution in [2.45, 2.75) is 58.2 Å². The molecule has 2 rings (SSSR count). The van der Waals surface area contributed by atoms with E-state index in [-0.39, 0.29) is 23.8 Å². The first kappa shape index (κ1) is 28.2. The Morgan fingerprint density at radius 1 is 1.09 bits per heavy atom. The van der Waals surface area contributed by atoms with Crippen molar-refractivity contribution in [1.29, 1.82) is 0 Å². The summed E-state index contributed by atoms with van der Waals surface area (Å²) in [5, 5.41) is 22.2. The zero-order valence-electron chi connectivity index (χ0n) is 19.7. The number of hydrogen-bond acceptors (Lipinski definition) is 5. The molecule has 0 fully saturated rings. The molecule has 0 aliphatic carbocycles.